The van der Waals surface area contributed by atoms with Gasteiger partial charge in [-0.1, -0.05) is 0 Å². The average molecular weight is 310 g/mol. The molecule has 0 unspecified atom stereocenters. The van der Waals surface area contributed by atoms with Crippen LogP contribution in [-0.2, 0) is 5.75 Å². The molecule has 18 heavy (non-hydrogen) atoms. The maximum absolute atomic E-state index is 10.3. The lowest BCUT2D eigenvalue weighted by molar-refractivity contribution is -0.463. The van der Waals surface area contributed by atoms with Crippen LogP contribution >= 0.6 is 34.9 Å². The topological polar surface area (TPSA) is 93.3 Å². The van der Waals surface area contributed by atoms with E-state index in [9.17, 15) is 10.1 Å². The molecular weight excluding hydrogens is 298 g/mol. The Kier molecular flexibility index (Phi) is 6.91. The van der Waals surface area contributed by atoms with Gasteiger partial charge >= 0.3 is 0 Å². The Hall–Kier alpha value is -0.930. The van der Waals surface area contributed by atoms with E-state index < -0.39 is 4.92 Å². The molecule has 0 spiro atoms. The van der Waals surface area contributed by atoms with E-state index in [1.54, 1.807) is 11.8 Å². The second kappa shape index (κ2) is 8.22. The van der Waals surface area contributed by atoms with Crippen molar-refractivity contribution < 1.29 is 4.92 Å². The van der Waals surface area contributed by atoms with Crippen LogP contribution < -0.4 is 5.32 Å². The predicted molar refractivity (Wildman–Crippen MR) is 74.3 cm³/mol. The summed E-state index contributed by atoms with van der Waals surface area (Å²) in [7, 11) is 1.53. The largest absolute Gasteiger partial charge is 0.368 e. The van der Waals surface area contributed by atoms with Crippen molar-refractivity contribution in [2.75, 3.05) is 25.9 Å². The molecule has 0 saturated carbocycles. The monoisotopic (exact) mass is 309 g/mol. The van der Waals surface area contributed by atoms with E-state index in [1.807, 2.05) is 0 Å². The van der Waals surface area contributed by atoms with E-state index in [-0.39, 0.29) is 6.54 Å². The summed E-state index contributed by atoms with van der Waals surface area (Å²) in [6.07, 6.45) is 0. The number of nitrogens with one attached hydrogen (secondary N) is 1. The van der Waals surface area contributed by atoms with E-state index >= 15 is 0 Å². The highest BCUT2D eigenvalue weighted by Gasteiger charge is 2.05. The van der Waals surface area contributed by atoms with Crippen LogP contribution in [0.2, 0.25) is 4.47 Å². The molecular formula is C8H12ClN5O2S2. The third kappa shape index (κ3) is 6.12. The molecule has 100 valence electrons. The van der Waals surface area contributed by atoms with Gasteiger partial charge in [-0.3, -0.25) is 15.1 Å². The van der Waals surface area contributed by atoms with Gasteiger partial charge in [0.2, 0.25) is 4.47 Å². The first-order valence-electron chi connectivity index (χ1n) is 4.99. The van der Waals surface area contributed by atoms with Crippen LogP contribution in [0.4, 0.5) is 0 Å². The summed E-state index contributed by atoms with van der Waals surface area (Å²) in [5.74, 6) is 2.56. The first-order valence-corrected chi connectivity index (χ1v) is 7.29. The van der Waals surface area contributed by atoms with Crippen LogP contribution in [0.15, 0.2) is 4.99 Å². The molecule has 10 heteroatoms. The summed E-state index contributed by atoms with van der Waals surface area (Å²) in [6.45, 7) is 0.341. The van der Waals surface area contributed by atoms with Gasteiger partial charge in [0.1, 0.15) is 0 Å². The second-order valence-corrected chi connectivity index (χ2v) is 5.54. The number of aromatic nitrogens is 2. The molecule has 1 aromatic heterocycles. The smallest absolute Gasteiger partial charge is 0.259 e. The second-order valence-electron chi connectivity index (χ2n) is 3.10. The Morgan fingerprint density at radius 3 is 3.06 bits per heavy atom. The lowest BCUT2D eigenvalue weighted by Crippen LogP contribution is -2.31. The zero-order valence-electron chi connectivity index (χ0n) is 9.63. The molecule has 7 nitrogen and oxygen atoms in total. The fourth-order valence-corrected chi connectivity index (χ4v) is 2.47. The van der Waals surface area contributed by atoms with Gasteiger partial charge in [-0.15, -0.1) is 0 Å². The Morgan fingerprint density at radius 1 is 1.72 bits per heavy atom. The molecule has 0 aliphatic carbocycles. The molecule has 1 heterocycles. The fraction of sp³-hybridized carbons (Fsp3) is 0.625. The molecule has 0 amide bonds. The van der Waals surface area contributed by atoms with Crippen LogP contribution in [0.25, 0.3) is 0 Å². The highest BCUT2D eigenvalue weighted by molar-refractivity contribution is 7.98. The summed E-state index contributed by atoms with van der Waals surface area (Å²) in [4.78, 5) is 17.7. The number of halogens is 1. The Balaban J connectivity index is 2.13. The van der Waals surface area contributed by atoms with Gasteiger partial charge in [0.25, 0.3) is 6.54 Å². The number of thioether (sulfide) groups is 1. The van der Waals surface area contributed by atoms with Crippen molar-refractivity contribution in [3.8, 4) is 0 Å². The summed E-state index contributed by atoms with van der Waals surface area (Å²) in [5.41, 5.74) is 0. The number of nitro groups is 1. The Labute approximate surface area is 117 Å². The van der Waals surface area contributed by atoms with Crippen molar-refractivity contribution >= 4 is 40.7 Å². The summed E-state index contributed by atoms with van der Waals surface area (Å²) < 4.78 is 4.49. The molecule has 1 N–H and O–H groups in total. The maximum Gasteiger partial charge on any atom is 0.259 e. The van der Waals surface area contributed by atoms with Crippen LogP contribution in [0, 0.1) is 10.1 Å². The highest BCUT2D eigenvalue weighted by Crippen LogP contribution is 2.14. The first kappa shape index (κ1) is 15.1. The number of amidine groups is 1. The van der Waals surface area contributed by atoms with Crippen LogP contribution in [0.3, 0.4) is 0 Å². The van der Waals surface area contributed by atoms with Crippen LogP contribution in [0.5, 0.6) is 0 Å². The van der Waals surface area contributed by atoms with Crippen LogP contribution in [0.1, 0.15) is 5.82 Å². The zero-order valence-corrected chi connectivity index (χ0v) is 12.0. The Morgan fingerprint density at radius 2 is 2.50 bits per heavy atom. The van der Waals surface area contributed by atoms with Crippen molar-refractivity contribution in [3.05, 3.63) is 20.4 Å². The Bertz CT molecular complexity index is 425. The number of nitrogens with zero attached hydrogens (tertiary/aromatic N) is 4. The van der Waals surface area contributed by atoms with Crippen molar-refractivity contribution in [3.63, 3.8) is 0 Å². The quantitative estimate of drug-likeness (QED) is 0.268. The van der Waals surface area contributed by atoms with E-state index in [1.165, 1.54) is 7.05 Å². The van der Waals surface area contributed by atoms with E-state index in [2.05, 4.69) is 19.7 Å². The summed E-state index contributed by atoms with van der Waals surface area (Å²) in [6, 6.07) is 0. The highest BCUT2D eigenvalue weighted by atomic mass is 35.5. The van der Waals surface area contributed by atoms with Gasteiger partial charge in [-0.2, -0.15) is 16.1 Å². The van der Waals surface area contributed by atoms with Crippen molar-refractivity contribution in [2.24, 2.45) is 4.99 Å². The molecule has 0 atom stereocenters. The van der Waals surface area contributed by atoms with Gasteiger partial charge in [-0.05, 0) is 23.1 Å². The van der Waals surface area contributed by atoms with Crippen molar-refractivity contribution in [1.29, 1.82) is 0 Å². The predicted octanol–water partition coefficient (Wildman–Crippen LogP) is 1.32. The van der Waals surface area contributed by atoms with Gasteiger partial charge in [0, 0.05) is 24.3 Å². The minimum atomic E-state index is -0.413. The van der Waals surface area contributed by atoms with E-state index in [0.29, 0.717) is 28.4 Å². The molecule has 0 aromatic carbocycles. The van der Waals surface area contributed by atoms with Gasteiger partial charge < -0.3 is 5.32 Å². The standard InChI is InChI=1S/C8H12ClN5O2S2/c1-10-6(4-14(15)16)11-2-3-17-5-7-12-8(9)18-13-7/h2-5H2,1H3,(H,10,11). The molecule has 0 bridgehead atoms. The first-order chi connectivity index (χ1) is 8.61. The zero-order chi connectivity index (χ0) is 13.4. The SMILES string of the molecule is CN=C(C[N+](=O)[O-])NCCSCc1nsc(Cl)n1. The van der Waals surface area contributed by atoms with E-state index in [0.717, 1.165) is 17.3 Å². The fourth-order valence-electron chi connectivity index (χ4n) is 1.05. The van der Waals surface area contributed by atoms with Crippen LogP contribution in [-0.4, -0.2) is 46.0 Å². The third-order valence-corrected chi connectivity index (χ3v) is 3.59. The lowest BCUT2D eigenvalue weighted by atomic mass is 10.5. The summed E-state index contributed by atoms with van der Waals surface area (Å²) in [5, 5.41) is 13.2. The summed E-state index contributed by atoms with van der Waals surface area (Å²) >= 11 is 8.44. The molecule has 0 fully saturated rings. The average Bonchev–Trinajstić information content (AvgIpc) is 2.72. The molecule has 1 rings (SSSR count). The maximum atomic E-state index is 10.3. The third-order valence-electron chi connectivity index (χ3n) is 1.80. The number of rotatable bonds is 7. The minimum Gasteiger partial charge on any atom is -0.368 e. The molecule has 0 aliphatic rings. The van der Waals surface area contributed by atoms with Gasteiger partial charge in [0.05, 0.1) is 5.75 Å². The van der Waals surface area contributed by atoms with Crippen molar-refractivity contribution in [1.82, 2.24) is 14.7 Å². The number of aliphatic imine (C=N–C) groups is 1. The number of hydrogen-bond donors (Lipinski definition) is 1. The minimum absolute atomic E-state index is 0.273. The van der Waals surface area contributed by atoms with E-state index in [4.69, 9.17) is 11.6 Å². The molecule has 0 aliphatic heterocycles. The molecule has 1 aromatic rings. The van der Waals surface area contributed by atoms with Crippen molar-refractivity contribution in [2.45, 2.75) is 5.75 Å². The van der Waals surface area contributed by atoms with Gasteiger partial charge in [-0.25, -0.2) is 4.98 Å². The number of hydrogen-bond acceptors (Lipinski definition) is 7. The molecule has 0 radical (unpaired) electrons. The van der Waals surface area contributed by atoms with Gasteiger partial charge in [0.15, 0.2) is 11.7 Å². The normalized spacial score (nSPS) is 11.6. The lowest BCUT2D eigenvalue weighted by Gasteiger charge is -2.04. The molecule has 0 saturated heterocycles.